The van der Waals surface area contributed by atoms with Crippen molar-refractivity contribution < 1.29 is 27.5 Å². The van der Waals surface area contributed by atoms with Gasteiger partial charge in [-0.15, -0.1) is 0 Å². The van der Waals surface area contributed by atoms with E-state index in [9.17, 15) is 22.4 Å². The first-order valence-electron chi connectivity index (χ1n) is 6.01. The van der Waals surface area contributed by atoms with Crippen molar-refractivity contribution >= 4 is 5.97 Å². The van der Waals surface area contributed by atoms with Crippen LogP contribution in [-0.2, 0) is 4.79 Å². The topological polar surface area (TPSA) is 40.5 Å². The summed E-state index contributed by atoms with van der Waals surface area (Å²) in [6.07, 6.45) is -4.27. The number of aliphatic carboxylic acids is 1. The molecule has 0 amide bonds. The zero-order chi connectivity index (χ0) is 15.3. The molecule has 1 rings (SSSR count). The lowest BCUT2D eigenvalue weighted by Crippen LogP contribution is -2.40. The SMILES string of the molecule is CCC(c1cccc(F)c1)N(CC(=O)O)CC(F)(F)F. The number of rotatable bonds is 6. The summed E-state index contributed by atoms with van der Waals surface area (Å²) >= 11 is 0. The van der Waals surface area contributed by atoms with Gasteiger partial charge < -0.3 is 5.11 Å². The van der Waals surface area contributed by atoms with Crippen molar-refractivity contribution in [1.29, 1.82) is 0 Å². The van der Waals surface area contributed by atoms with Gasteiger partial charge in [-0.2, -0.15) is 13.2 Å². The fraction of sp³-hybridized carbons (Fsp3) is 0.462. The molecule has 1 N–H and O–H groups in total. The molecule has 0 radical (unpaired) electrons. The summed E-state index contributed by atoms with van der Waals surface area (Å²) in [5.41, 5.74) is 0.331. The number of benzene rings is 1. The molecule has 0 saturated heterocycles. The molecule has 0 aromatic heterocycles. The van der Waals surface area contributed by atoms with Gasteiger partial charge >= 0.3 is 12.1 Å². The van der Waals surface area contributed by atoms with Crippen LogP contribution in [0.15, 0.2) is 24.3 Å². The Kier molecular flexibility index (Phi) is 5.50. The highest BCUT2D eigenvalue weighted by molar-refractivity contribution is 5.69. The molecule has 0 heterocycles. The Hall–Kier alpha value is -1.63. The number of carboxylic acid groups (broad SMARTS) is 1. The largest absolute Gasteiger partial charge is 0.480 e. The predicted octanol–water partition coefficient (Wildman–Crippen LogP) is 3.23. The highest BCUT2D eigenvalue weighted by Crippen LogP contribution is 2.28. The molecule has 1 aromatic carbocycles. The zero-order valence-corrected chi connectivity index (χ0v) is 10.8. The number of nitrogens with zero attached hydrogens (tertiary/aromatic N) is 1. The summed E-state index contributed by atoms with van der Waals surface area (Å²) in [5, 5.41) is 8.74. The maximum Gasteiger partial charge on any atom is 0.401 e. The molecule has 1 atom stereocenters. The van der Waals surface area contributed by atoms with Crippen LogP contribution in [0.4, 0.5) is 17.6 Å². The van der Waals surface area contributed by atoms with Crippen molar-refractivity contribution in [3.63, 3.8) is 0 Å². The number of halogens is 4. The van der Waals surface area contributed by atoms with Gasteiger partial charge in [-0.25, -0.2) is 4.39 Å². The standard InChI is InChI=1S/C13H15F4NO2/c1-2-11(9-4-3-5-10(14)6-9)18(7-12(19)20)8-13(15,16)17/h3-6,11H,2,7-8H2,1H3,(H,19,20). The van der Waals surface area contributed by atoms with E-state index < -0.39 is 37.1 Å². The van der Waals surface area contributed by atoms with E-state index in [0.29, 0.717) is 5.56 Å². The normalized spacial score (nSPS) is 13.5. The monoisotopic (exact) mass is 293 g/mol. The number of hydrogen-bond donors (Lipinski definition) is 1. The molecule has 1 unspecified atom stereocenters. The molecule has 0 aliphatic heterocycles. The maximum atomic E-state index is 13.2. The van der Waals surface area contributed by atoms with E-state index in [1.165, 1.54) is 18.2 Å². The molecule has 0 bridgehead atoms. The Morgan fingerprint density at radius 1 is 1.40 bits per heavy atom. The lowest BCUT2D eigenvalue weighted by Gasteiger charge is -2.30. The third kappa shape index (κ3) is 5.16. The highest BCUT2D eigenvalue weighted by Gasteiger charge is 2.34. The van der Waals surface area contributed by atoms with Gasteiger partial charge in [-0.3, -0.25) is 9.69 Å². The van der Waals surface area contributed by atoms with Crippen molar-refractivity contribution in [2.24, 2.45) is 0 Å². The Labute approximate surface area is 113 Å². The van der Waals surface area contributed by atoms with E-state index in [1.54, 1.807) is 6.92 Å². The van der Waals surface area contributed by atoms with E-state index in [-0.39, 0.29) is 6.42 Å². The Bertz CT molecular complexity index is 462. The molecule has 7 heteroatoms. The molecule has 0 fully saturated rings. The molecular weight excluding hydrogens is 278 g/mol. The first-order chi connectivity index (χ1) is 9.23. The Morgan fingerprint density at radius 3 is 2.50 bits per heavy atom. The second-order valence-electron chi connectivity index (χ2n) is 4.39. The predicted molar refractivity (Wildman–Crippen MR) is 64.7 cm³/mol. The average Bonchev–Trinajstić information content (AvgIpc) is 2.26. The van der Waals surface area contributed by atoms with Crippen LogP contribution in [0.1, 0.15) is 24.9 Å². The van der Waals surface area contributed by atoms with Crippen LogP contribution in [0.5, 0.6) is 0 Å². The van der Waals surface area contributed by atoms with Crippen molar-refractivity contribution in [3.05, 3.63) is 35.6 Å². The summed E-state index contributed by atoms with van der Waals surface area (Å²) in [5.74, 6) is -1.92. The first-order valence-corrected chi connectivity index (χ1v) is 6.01. The van der Waals surface area contributed by atoms with Crippen LogP contribution in [-0.4, -0.2) is 35.2 Å². The van der Waals surface area contributed by atoms with Crippen LogP contribution >= 0.6 is 0 Å². The second-order valence-corrected chi connectivity index (χ2v) is 4.39. The Morgan fingerprint density at radius 2 is 2.05 bits per heavy atom. The lowest BCUT2D eigenvalue weighted by atomic mass is 10.0. The van der Waals surface area contributed by atoms with Gasteiger partial charge in [0.05, 0.1) is 13.1 Å². The molecule has 3 nitrogen and oxygen atoms in total. The fourth-order valence-electron chi connectivity index (χ4n) is 2.10. The first kappa shape index (κ1) is 16.4. The van der Waals surface area contributed by atoms with E-state index in [1.807, 2.05) is 0 Å². The number of carbonyl (C=O) groups is 1. The third-order valence-corrected chi connectivity index (χ3v) is 2.78. The molecule has 0 aliphatic carbocycles. The molecular formula is C13H15F4NO2. The van der Waals surface area contributed by atoms with Crippen LogP contribution in [0.2, 0.25) is 0 Å². The summed E-state index contributed by atoms with van der Waals surface area (Å²) in [4.78, 5) is 11.5. The third-order valence-electron chi connectivity index (χ3n) is 2.78. The van der Waals surface area contributed by atoms with Gasteiger partial charge in [0.15, 0.2) is 0 Å². The van der Waals surface area contributed by atoms with Crippen molar-refractivity contribution in [3.8, 4) is 0 Å². The summed E-state index contributed by atoms with van der Waals surface area (Å²) in [7, 11) is 0. The van der Waals surface area contributed by atoms with Gasteiger partial charge in [-0.1, -0.05) is 19.1 Å². The van der Waals surface area contributed by atoms with E-state index in [4.69, 9.17) is 5.11 Å². The molecule has 1 aromatic rings. The van der Waals surface area contributed by atoms with Gasteiger partial charge in [0.1, 0.15) is 5.82 Å². The van der Waals surface area contributed by atoms with Gasteiger partial charge in [-0.05, 0) is 24.1 Å². The van der Waals surface area contributed by atoms with Gasteiger partial charge in [0.25, 0.3) is 0 Å². The fourth-order valence-corrected chi connectivity index (χ4v) is 2.10. The maximum absolute atomic E-state index is 13.2. The van der Waals surface area contributed by atoms with Crippen LogP contribution < -0.4 is 0 Å². The van der Waals surface area contributed by atoms with Crippen molar-refractivity contribution in [2.45, 2.75) is 25.6 Å². The van der Waals surface area contributed by atoms with E-state index in [2.05, 4.69) is 0 Å². The summed E-state index contributed by atoms with van der Waals surface area (Å²) in [6.45, 7) is -0.482. The van der Waals surface area contributed by atoms with E-state index in [0.717, 1.165) is 11.0 Å². The van der Waals surface area contributed by atoms with Crippen molar-refractivity contribution in [2.75, 3.05) is 13.1 Å². The zero-order valence-electron chi connectivity index (χ0n) is 10.8. The van der Waals surface area contributed by atoms with Gasteiger partial charge in [0.2, 0.25) is 0 Å². The smallest absolute Gasteiger partial charge is 0.401 e. The van der Waals surface area contributed by atoms with Crippen LogP contribution in [0.25, 0.3) is 0 Å². The number of carboxylic acids is 1. The van der Waals surface area contributed by atoms with Crippen LogP contribution in [0, 0.1) is 5.82 Å². The molecule has 0 aliphatic rings. The second kappa shape index (κ2) is 6.69. The highest BCUT2D eigenvalue weighted by atomic mass is 19.4. The van der Waals surface area contributed by atoms with Crippen molar-refractivity contribution in [1.82, 2.24) is 4.90 Å². The lowest BCUT2D eigenvalue weighted by molar-refractivity contribution is -0.158. The Balaban J connectivity index is 3.04. The van der Waals surface area contributed by atoms with Gasteiger partial charge in [0, 0.05) is 6.04 Å². The minimum atomic E-state index is -4.52. The van der Waals surface area contributed by atoms with E-state index >= 15 is 0 Å². The summed E-state index contributed by atoms with van der Waals surface area (Å²) in [6, 6.07) is 4.38. The quantitative estimate of drug-likeness (QED) is 0.819. The minimum absolute atomic E-state index is 0.243. The molecule has 0 saturated carbocycles. The molecule has 0 spiro atoms. The number of hydrogen-bond acceptors (Lipinski definition) is 2. The summed E-state index contributed by atoms with van der Waals surface area (Å²) < 4.78 is 50.8. The molecule has 20 heavy (non-hydrogen) atoms. The molecule has 112 valence electrons. The minimum Gasteiger partial charge on any atom is -0.480 e. The van der Waals surface area contributed by atoms with Crippen LogP contribution in [0.3, 0.4) is 0 Å². The average molecular weight is 293 g/mol. The number of alkyl halides is 3.